The Hall–Kier alpha value is -1.43. The summed E-state index contributed by atoms with van der Waals surface area (Å²) in [5.74, 6) is -1.40. The van der Waals surface area contributed by atoms with Gasteiger partial charge in [0, 0.05) is 0 Å². The van der Waals surface area contributed by atoms with Crippen molar-refractivity contribution in [3.63, 3.8) is 0 Å². The van der Waals surface area contributed by atoms with Gasteiger partial charge in [0.1, 0.15) is 13.1 Å². The molecule has 0 aromatic carbocycles. The van der Waals surface area contributed by atoms with E-state index in [0.717, 1.165) is 5.06 Å². The van der Waals surface area contributed by atoms with E-state index >= 15 is 0 Å². The highest BCUT2D eigenvalue weighted by molar-refractivity contribution is 5.99. The maximum Gasteiger partial charge on any atom is 0.330 e. The van der Waals surface area contributed by atoms with Crippen LogP contribution in [0.2, 0.25) is 0 Å². The summed E-state index contributed by atoms with van der Waals surface area (Å²) in [4.78, 5) is 38.2. The van der Waals surface area contributed by atoms with E-state index in [1.165, 1.54) is 0 Å². The number of hydrogen-bond acceptors (Lipinski definition) is 5. The molecule has 1 saturated heterocycles. The van der Waals surface area contributed by atoms with E-state index in [4.69, 9.17) is 4.84 Å². The van der Waals surface area contributed by atoms with E-state index in [0.29, 0.717) is 0 Å². The Morgan fingerprint density at radius 2 is 1.73 bits per heavy atom. The first-order valence-electron chi connectivity index (χ1n) is 4.59. The smallest absolute Gasteiger partial charge is 0.330 e. The minimum atomic E-state index is -0.656. The van der Waals surface area contributed by atoms with Crippen LogP contribution >= 0.6 is 0 Å². The highest BCUT2D eigenvalue weighted by Gasteiger charge is 2.30. The molecule has 1 N–H and O–H groups in total. The Morgan fingerprint density at radius 1 is 1.27 bits per heavy atom. The van der Waals surface area contributed by atoms with E-state index in [-0.39, 0.29) is 13.1 Å². The third-order valence-corrected chi connectivity index (χ3v) is 1.74. The van der Waals surface area contributed by atoms with Crippen molar-refractivity contribution in [2.45, 2.75) is 20.8 Å². The van der Waals surface area contributed by atoms with Gasteiger partial charge in [-0.05, 0) is 20.8 Å². The summed E-state index contributed by atoms with van der Waals surface area (Å²) >= 11 is 0. The molecule has 0 unspecified atom stereocenters. The third-order valence-electron chi connectivity index (χ3n) is 1.74. The van der Waals surface area contributed by atoms with E-state index < -0.39 is 23.2 Å². The second-order valence-electron chi connectivity index (χ2n) is 4.40. The quantitative estimate of drug-likeness (QED) is 0.593. The molecule has 0 atom stereocenters. The molecule has 1 aliphatic rings. The lowest BCUT2D eigenvalue weighted by Gasteiger charge is -2.26. The van der Waals surface area contributed by atoms with Crippen molar-refractivity contribution >= 4 is 17.8 Å². The molecule has 0 bridgehead atoms. The molecule has 0 aliphatic carbocycles. The van der Waals surface area contributed by atoms with Gasteiger partial charge < -0.3 is 4.84 Å². The number of rotatable bonds is 1. The molecule has 84 valence electrons. The molecule has 6 heteroatoms. The Bertz CT molecular complexity index is 290. The first kappa shape index (κ1) is 11.6. The number of piperazine rings is 1. The van der Waals surface area contributed by atoms with Crippen molar-refractivity contribution in [2.24, 2.45) is 5.41 Å². The number of carbonyl (C=O) groups is 3. The van der Waals surface area contributed by atoms with Crippen molar-refractivity contribution in [1.29, 1.82) is 0 Å². The van der Waals surface area contributed by atoms with Crippen LogP contribution in [-0.2, 0) is 19.2 Å². The average molecular weight is 214 g/mol. The SMILES string of the molecule is CC(C)(C)C(=O)ON1CC(=O)NC(=O)C1. The van der Waals surface area contributed by atoms with Crippen LogP contribution in [-0.4, -0.2) is 35.9 Å². The second-order valence-corrected chi connectivity index (χ2v) is 4.40. The molecule has 1 aliphatic heterocycles. The lowest BCUT2D eigenvalue weighted by Crippen LogP contribution is -2.52. The van der Waals surface area contributed by atoms with E-state index in [9.17, 15) is 14.4 Å². The molecule has 1 rings (SSSR count). The maximum absolute atomic E-state index is 11.4. The van der Waals surface area contributed by atoms with Gasteiger partial charge in [-0.15, -0.1) is 5.06 Å². The lowest BCUT2D eigenvalue weighted by atomic mass is 9.98. The zero-order valence-corrected chi connectivity index (χ0v) is 8.99. The summed E-state index contributed by atoms with van der Waals surface area (Å²) in [5, 5.41) is 3.17. The Morgan fingerprint density at radius 3 is 2.13 bits per heavy atom. The maximum atomic E-state index is 11.4. The first-order valence-corrected chi connectivity index (χ1v) is 4.59. The van der Waals surface area contributed by atoms with Crippen LogP contribution in [0.25, 0.3) is 0 Å². The van der Waals surface area contributed by atoms with E-state index in [2.05, 4.69) is 5.32 Å². The standard InChI is InChI=1S/C9H14N2O4/c1-9(2,3)8(14)15-11-4-6(12)10-7(13)5-11/h4-5H2,1-3H3,(H,10,12,13). The summed E-state index contributed by atoms with van der Waals surface area (Å²) in [7, 11) is 0. The molecule has 6 nitrogen and oxygen atoms in total. The molecule has 1 heterocycles. The molecular formula is C9H14N2O4. The van der Waals surface area contributed by atoms with Gasteiger partial charge in [0.2, 0.25) is 11.8 Å². The molecule has 15 heavy (non-hydrogen) atoms. The van der Waals surface area contributed by atoms with Crippen molar-refractivity contribution in [3.05, 3.63) is 0 Å². The van der Waals surface area contributed by atoms with Gasteiger partial charge in [-0.3, -0.25) is 14.9 Å². The molecule has 0 aromatic heterocycles. The third kappa shape index (κ3) is 3.32. The van der Waals surface area contributed by atoms with Gasteiger partial charge in [0.25, 0.3) is 0 Å². The van der Waals surface area contributed by atoms with Crippen LogP contribution in [0.1, 0.15) is 20.8 Å². The Kier molecular flexibility index (Phi) is 3.09. The number of hydroxylamine groups is 2. The summed E-state index contributed by atoms with van der Waals surface area (Å²) < 4.78 is 0. The Labute approximate surface area is 87.5 Å². The molecule has 0 radical (unpaired) electrons. The molecule has 0 saturated carbocycles. The highest BCUT2D eigenvalue weighted by atomic mass is 16.7. The van der Waals surface area contributed by atoms with Crippen LogP contribution in [0.15, 0.2) is 0 Å². The average Bonchev–Trinajstić information content (AvgIpc) is 1.99. The van der Waals surface area contributed by atoms with Gasteiger partial charge >= 0.3 is 5.97 Å². The zero-order chi connectivity index (χ0) is 11.6. The fourth-order valence-electron chi connectivity index (χ4n) is 0.930. The number of nitrogens with zero attached hydrogens (tertiary/aromatic N) is 1. The molecule has 0 aromatic rings. The van der Waals surface area contributed by atoms with Gasteiger partial charge in [-0.25, -0.2) is 4.79 Å². The van der Waals surface area contributed by atoms with Gasteiger partial charge in [0.15, 0.2) is 0 Å². The molecule has 2 amide bonds. The van der Waals surface area contributed by atoms with E-state index in [1.807, 2.05) is 0 Å². The predicted octanol–water partition coefficient (Wildman–Crippen LogP) is -0.551. The Balaban J connectivity index is 2.55. The summed E-state index contributed by atoms with van der Waals surface area (Å²) in [6.07, 6.45) is 0. The van der Waals surface area contributed by atoms with Gasteiger partial charge in [-0.2, -0.15) is 0 Å². The summed E-state index contributed by atoms with van der Waals surface area (Å²) in [6, 6.07) is 0. The summed E-state index contributed by atoms with van der Waals surface area (Å²) in [6.45, 7) is 4.88. The van der Waals surface area contributed by atoms with E-state index in [1.54, 1.807) is 20.8 Å². The normalized spacial score (nSPS) is 18.6. The van der Waals surface area contributed by atoms with Crippen molar-refractivity contribution < 1.29 is 19.2 Å². The van der Waals surface area contributed by atoms with Crippen LogP contribution in [0.5, 0.6) is 0 Å². The van der Waals surface area contributed by atoms with Crippen molar-refractivity contribution in [2.75, 3.05) is 13.1 Å². The van der Waals surface area contributed by atoms with Gasteiger partial charge in [-0.1, -0.05) is 0 Å². The van der Waals surface area contributed by atoms with Crippen molar-refractivity contribution in [1.82, 2.24) is 10.4 Å². The number of amides is 2. The highest BCUT2D eigenvalue weighted by Crippen LogP contribution is 2.16. The van der Waals surface area contributed by atoms with Crippen LogP contribution in [0, 0.1) is 5.41 Å². The number of imide groups is 1. The minimum Gasteiger partial charge on any atom is -0.366 e. The van der Waals surface area contributed by atoms with Crippen LogP contribution in [0.3, 0.4) is 0 Å². The molecule has 0 spiro atoms. The molecular weight excluding hydrogens is 200 g/mol. The zero-order valence-electron chi connectivity index (χ0n) is 8.99. The van der Waals surface area contributed by atoms with Crippen LogP contribution in [0.4, 0.5) is 0 Å². The number of nitrogens with one attached hydrogen (secondary N) is 1. The largest absolute Gasteiger partial charge is 0.366 e. The first-order chi connectivity index (χ1) is 6.79. The number of carbonyl (C=O) groups excluding carboxylic acids is 3. The van der Waals surface area contributed by atoms with Crippen LogP contribution < -0.4 is 5.32 Å². The molecule has 1 fully saturated rings. The monoisotopic (exact) mass is 214 g/mol. The topological polar surface area (TPSA) is 75.7 Å². The van der Waals surface area contributed by atoms with Gasteiger partial charge in [0.05, 0.1) is 5.41 Å². The fraction of sp³-hybridized carbons (Fsp3) is 0.667. The number of hydrogen-bond donors (Lipinski definition) is 1. The minimum absolute atomic E-state index is 0.104. The van der Waals surface area contributed by atoms with Crippen molar-refractivity contribution in [3.8, 4) is 0 Å². The second kappa shape index (κ2) is 3.98. The fourth-order valence-corrected chi connectivity index (χ4v) is 0.930. The predicted molar refractivity (Wildman–Crippen MR) is 50.3 cm³/mol. The summed E-state index contributed by atoms with van der Waals surface area (Å²) in [5.41, 5.74) is -0.656. The lowest BCUT2D eigenvalue weighted by molar-refractivity contribution is -0.203.